The number of nitriles is 1. The quantitative estimate of drug-likeness (QED) is 0.522. The molecule has 4 rings (SSSR count). The van der Waals surface area contributed by atoms with Gasteiger partial charge in [-0.2, -0.15) is 5.26 Å². The fourth-order valence-electron chi connectivity index (χ4n) is 3.18. The molecule has 0 unspecified atom stereocenters. The van der Waals surface area contributed by atoms with Crippen molar-refractivity contribution in [2.24, 2.45) is 14.1 Å². The third-order valence-corrected chi connectivity index (χ3v) is 4.38. The van der Waals surface area contributed by atoms with E-state index in [2.05, 4.69) is 27.8 Å². The number of benzene rings is 2. The molecule has 0 aliphatic rings. The number of para-hydroxylation sites is 3. The van der Waals surface area contributed by atoms with E-state index in [-0.39, 0.29) is 0 Å². The molecule has 2 aromatic heterocycles. The summed E-state index contributed by atoms with van der Waals surface area (Å²) in [5.41, 5.74) is 4.65. The van der Waals surface area contributed by atoms with E-state index in [1.807, 2.05) is 67.3 Å². The zero-order valence-corrected chi connectivity index (χ0v) is 13.6. The second-order valence-electron chi connectivity index (χ2n) is 5.87. The van der Waals surface area contributed by atoms with Gasteiger partial charge in [0.2, 0.25) is 0 Å². The molecular weight excluding hydrogens is 296 g/mol. The molecule has 2 aromatic carbocycles. The highest BCUT2D eigenvalue weighted by atomic mass is 15.1. The number of aromatic nitrogens is 3. The normalized spacial score (nSPS) is 12.0. The Labute approximate surface area is 139 Å². The van der Waals surface area contributed by atoms with E-state index >= 15 is 0 Å². The van der Waals surface area contributed by atoms with Crippen LogP contribution in [0.25, 0.3) is 33.6 Å². The van der Waals surface area contributed by atoms with Gasteiger partial charge in [0.1, 0.15) is 6.07 Å². The van der Waals surface area contributed by atoms with Crippen LogP contribution in [0.15, 0.2) is 54.7 Å². The van der Waals surface area contributed by atoms with Crippen molar-refractivity contribution in [3.05, 3.63) is 66.1 Å². The van der Waals surface area contributed by atoms with Crippen LogP contribution in [0.4, 0.5) is 0 Å². The van der Waals surface area contributed by atoms with Crippen molar-refractivity contribution in [2.75, 3.05) is 0 Å². The number of hydrogen-bond donors (Lipinski definition) is 0. The third kappa shape index (κ3) is 2.10. The maximum absolute atomic E-state index is 9.69. The van der Waals surface area contributed by atoms with Gasteiger partial charge in [0.25, 0.3) is 0 Å². The number of nitrogens with zero attached hydrogens (tertiary/aromatic N) is 4. The number of imidazole rings is 1. The minimum atomic E-state index is 0.560. The van der Waals surface area contributed by atoms with Crippen LogP contribution >= 0.6 is 0 Å². The Morgan fingerprint density at radius 3 is 2.50 bits per heavy atom. The van der Waals surface area contributed by atoms with Crippen molar-refractivity contribution in [3.63, 3.8) is 0 Å². The Hall–Kier alpha value is -3.32. The summed E-state index contributed by atoms with van der Waals surface area (Å²) in [6.45, 7) is 0. The Morgan fingerprint density at radius 2 is 1.75 bits per heavy atom. The predicted octanol–water partition coefficient (Wildman–Crippen LogP) is 4.13. The van der Waals surface area contributed by atoms with Gasteiger partial charge in [0.15, 0.2) is 5.82 Å². The summed E-state index contributed by atoms with van der Waals surface area (Å²) in [4.78, 5) is 4.63. The molecule has 4 aromatic rings. The highest BCUT2D eigenvalue weighted by Crippen LogP contribution is 2.26. The van der Waals surface area contributed by atoms with Crippen LogP contribution in [-0.2, 0) is 14.1 Å². The standard InChI is InChI=1S/C20H16N4/c1-23-13-15(16-7-3-5-9-18(16)23)11-14(12-21)20-22-17-8-4-6-10-19(17)24(20)2/h3-11,13H,1-2H3/b14-11-. The van der Waals surface area contributed by atoms with Crippen molar-refractivity contribution < 1.29 is 0 Å². The summed E-state index contributed by atoms with van der Waals surface area (Å²) in [5, 5.41) is 10.8. The summed E-state index contributed by atoms with van der Waals surface area (Å²) in [6, 6.07) is 18.4. The van der Waals surface area contributed by atoms with Gasteiger partial charge in [0.05, 0.1) is 16.6 Å². The maximum Gasteiger partial charge on any atom is 0.151 e. The summed E-state index contributed by atoms with van der Waals surface area (Å²) in [6.07, 6.45) is 3.97. The first-order chi connectivity index (χ1) is 11.7. The van der Waals surface area contributed by atoms with Crippen LogP contribution in [0.5, 0.6) is 0 Å². The highest BCUT2D eigenvalue weighted by Gasteiger charge is 2.13. The van der Waals surface area contributed by atoms with Gasteiger partial charge in [-0.15, -0.1) is 0 Å². The number of hydrogen-bond acceptors (Lipinski definition) is 2. The molecule has 0 N–H and O–H groups in total. The van der Waals surface area contributed by atoms with Crippen molar-refractivity contribution >= 4 is 33.6 Å². The molecule has 0 bridgehead atoms. The molecule has 0 fully saturated rings. The zero-order valence-electron chi connectivity index (χ0n) is 13.6. The first-order valence-corrected chi connectivity index (χ1v) is 7.76. The fraction of sp³-hybridized carbons (Fsp3) is 0.100. The molecule has 0 saturated carbocycles. The molecule has 24 heavy (non-hydrogen) atoms. The molecule has 4 heteroatoms. The summed E-state index contributed by atoms with van der Waals surface area (Å²) < 4.78 is 4.04. The van der Waals surface area contributed by atoms with Gasteiger partial charge in [0, 0.05) is 36.8 Å². The van der Waals surface area contributed by atoms with Crippen molar-refractivity contribution in [1.29, 1.82) is 5.26 Å². The van der Waals surface area contributed by atoms with Gasteiger partial charge in [-0.05, 0) is 24.3 Å². The van der Waals surface area contributed by atoms with E-state index in [9.17, 15) is 5.26 Å². The lowest BCUT2D eigenvalue weighted by Crippen LogP contribution is -1.95. The number of allylic oxidation sites excluding steroid dienone is 1. The Balaban J connectivity index is 1.93. The van der Waals surface area contributed by atoms with E-state index in [4.69, 9.17) is 0 Å². The van der Waals surface area contributed by atoms with E-state index in [1.165, 1.54) is 0 Å². The lowest BCUT2D eigenvalue weighted by molar-refractivity contribution is 0.925. The minimum Gasteiger partial charge on any atom is -0.350 e. The summed E-state index contributed by atoms with van der Waals surface area (Å²) in [7, 11) is 3.96. The van der Waals surface area contributed by atoms with Gasteiger partial charge in [-0.25, -0.2) is 4.98 Å². The lowest BCUT2D eigenvalue weighted by atomic mass is 10.1. The Morgan fingerprint density at radius 1 is 1.04 bits per heavy atom. The second-order valence-corrected chi connectivity index (χ2v) is 5.87. The molecule has 0 aliphatic heterocycles. The first-order valence-electron chi connectivity index (χ1n) is 7.76. The molecule has 0 saturated heterocycles. The highest BCUT2D eigenvalue weighted by molar-refractivity contribution is 5.98. The van der Waals surface area contributed by atoms with Gasteiger partial charge < -0.3 is 9.13 Å². The van der Waals surface area contributed by atoms with Crippen LogP contribution < -0.4 is 0 Å². The Kier molecular flexibility index (Phi) is 3.21. The number of fused-ring (bicyclic) bond motifs is 2. The molecule has 0 amide bonds. The van der Waals surface area contributed by atoms with Crippen LogP contribution in [0, 0.1) is 11.3 Å². The smallest absolute Gasteiger partial charge is 0.151 e. The van der Waals surface area contributed by atoms with Gasteiger partial charge in [-0.1, -0.05) is 30.3 Å². The number of aryl methyl sites for hydroxylation is 2. The molecular formula is C20H16N4. The third-order valence-electron chi connectivity index (χ3n) is 4.38. The first kappa shape index (κ1) is 14.3. The maximum atomic E-state index is 9.69. The largest absolute Gasteiger partial charge is 0.350 e. The fourth-order valence-corrected chi connectivity index (χ4v) is 3.18. The molecule has 0 radical (unpaired) electrons. The van der Waals surface area contributed by atoms with Crippen LogP contribution in [0.1, 0.15) is 11.4 Å². The average molecular weight is 312 g/mol. The molecule has 0 aliphatic carbocycles. The van der Waals surface area contributed by atoms with Crippen molar-refractivity contribution in [2.45, 2.75) is 0 Å². The predicted molar refractivity (Wildman–Crippen MR) is 97.1 cm³/mol. The molecule has 0 spiro atoms. The van der Waals surface area contributed by atoms with Crippen LogP contribution in [0.2, 0.25) is 0 Å². The van der Waals surface area contributed by atoms with E-state index in [0.29, 0.717) is 11.4 Å². The van der Waals surface area contributed by atoms with E-state index in [0.717, 1.165) is 27.5 Å². The minimum absolute atomic E-state index is 0.560. The summed E-state index contributed by atoms with van der Waals surface area (Å²) >= 11 is 0. The monoisotopic (exact) mass is 312 g/mol. The van der Waals surface area contributed by atoms with Crippen molar-refractivity contribution in [3.8, 4) is 6.07 Å². The van der Waals surface area contributed by atoms with Crippen molar-refractivity contribution in [1.82, 2.24) is 14.1 Å². The Bertz CT molecular complexity index is 1140. The average Bonchev–Trinajstić information content (AvgIpc) is 3.11. The van der Waals surface area contributed by atoms with E-state index in [1.54, 1.807) is 0 Å². The summed E-state index contributed by atoms with van der Waals surface area (Å²) in [5.74, 6) is 0.687. The number of rotatable bonds is 2. The molecule has 2 heterocycles. The lowest BCUT2D eigenvalue weighted by Gasteiger charge is -2.00. The second kappa shape index (κ2) is 5.39. The zero-order chi connectivity index (χ0) is 16.7. The molecule has 0 atom stereocenters. The molecule has 4 nitrogen and oxygen atoms in total. The van der Waals surface area contributed by atoms with Gasteiger partial charge in [-0.3, -0.25) is 0 Å². The van der Waals surface area contributed by atoms with Crippen LogP contribution in [0.3, 0.4) is 0 Å². The van der Waals surface area contributed by atoms with Crippen LogP contribution in [-0.4, -0.2) is 14.1 Å². The topological polar surface area (TPSA) is 46.5 Å². The van der Waals surface area contributed by atoms with Gasteiger partial charge >= 0.3 is 0 Å². The SMILES string of the molecule is Cn1cc(/C=C(/C#N)c2nc3ccccc3n2C)c2ccccc21. The van der Waals surface area contributed by atoms with E-state index < -0.39 is 0 Å². The molecule has 116 valence electrons.